The lowest BCUT2D eigenvalue weighted by Gasteiger charge is -2.05. The summed E-state index contributed by atoms with van der Waals surface area (Å²) in [5, 5.41) is 2.78. The number of rotatable bonds is 2. The fourth-order valence-corrected chi connectivity index (χ4v) is 1.57. The van der Waals surface area contributed by atoms with Crippen molar-refractivity contribution in [3.63, 3.8) is 0 Å². The molecule has 2 aromatic heterocycles. The molecule has 0 bridgehead atoms. The average Bonchev–Trinajstić information content (AvgIpc) is 2.35. The van der Waals surface area contributed by atoms with Crippen molar-refractivity contribution in [3.8, 4) is 0 Å². The van der Waals surface area contributed by atoms with E-state index >= 15 is 0 Å². The van der Waals surface area contributed by atoms with Gasteiger partial charge in [0.05, 0.1) is 16.8 Å². The second-order valence-corrected chi connectivity index (χ2v) is 4.10. The predicted octanol–water partition coefficient (Wildman–Crippen LogP) is 3.17. The van der Waals surface area contributed by atoms with Crippen LogP contribution in [0.25, 0.3) is 0 Å². The maximum absolute atomic E-state index is 12.6. The number of pyridine rings is 2. The summed E-state index contributed by atoms with van der Waals surface area (Å²) in [6.07, 6.45) is 2.27. The van der Waals surface area contributed by atoms with E-state index in [1.54, 1.807) is 0 Å². The highest BCUT2D eigenvalue weighted by molar-refractivity contribution is 6.35. The first-order valence-electron chi connectivity index (χ1n) is 4.80. The van der Waals surface area contributed by atoms with Crippen LogP contribution in [0.4, 0.5) is 10.2 Å². The molecule has 1 amide bonds. The van der Waals surface area contributed by atoms with Crippen LogP contribution < -0.4 is 5.32 Å². The molecule has 0 aromatic carbocycles. The fraction of sp³-hybridized carbons (Fsp3) is 0. The summed E-state index contributed by atoms with van der Waals surface area (Å²) in [5.41, 5.74) is 0.169. The number of anilines is 1. The third-order valence-electron chi connectivity index (χ3n) is 2.04. The first kappa shape index (κ1) is 12.7. The van der Waals surface area contributed by atoms with E-state index < -0.39 is 11.7 Å². The summed E-state index contributed by atoms with van der Waals surface area (Å²) in [7, 11) is 0. The highest BCUT2D eigenvalue weighted by Gasteiger charge is 2.12. The third kappa shape index (κ3) is 2.94. The topological polar surface area (TPSA) is 54.9 Å². The van der Waals surface area contributed by atoms with Gasteiger partial charge in [-0.1, -0.05) is 23.2 Å². The molecule has 0 aliphatic heterocycles. The standard InChI is InChI=1S/C11H6Cl2FN3O/c12-8-5-15-9(13)3-7(8)11(18)17-10-2-1-6(14)4-16-10/h1-5H,(H,16,17,18). The zero-order valence-corrected chi connectivity index (χ0v) is 10.3. The molecule has 0 aliphatic rings. The molecular weight excluding hydrogens is 280 g/mol. The van der Waals surface area contributed by atoms with Gasteiger partial charge in [-0.15, -0.1) is 0 Å². The maximum atomic E-state index is 12.6. The van der Waals surface area contributed by atoms with Gasteiger partial charge in [0.15, 0.2) is 0 Å². The quantitative estimate of drug-likeness (QED) is 0.863. The normalized spacial score (nSPS) is 10.2. The third-order valence-corrected chi connectivity index (χ3v) is 2.54. The van der Waals surface area contributed by atoms with Crippen molar-refractivity contribution < 1.29 is 9.18 Å². The van der Waals surface area contributed by atoms with Gasteiger partial charge in [0.1, 0.15) is 16.8 Å². The van der Waals surface area contributed by atoms with Crippen molar-refractivity contribution in [2.75, 3.05) is 5.32 Å². The van der Waals surface area contributed by atoms with Gasteiger partial charge in [-0.2, -0.15) is 0 Å². The van der Waals surface area contributed by atoms with Gasteiger partial charge >= 0.3 is 0 Å². The van der Waals surface area contributed by atoms with Crippen LogP contribution in [-0.2, 0) is 0 Å². The van der Waals surface area contributed by atoms with Crippen LogP contribution in [0.3, 0.4) is 0 Å². The molecule has 0 aliphatic carbocycles. The molecule has 2 rings (SSSR count). The van der Waals surface area contributed by atoms with Crippen LogP contribution in [0.15, 0.2) is 30.6 Å². The smallest absolute Gasteiger partial charge is 0.258 e. The Kier molecular flexibility index (Phi) is 3.74. The molecule has 2 heterocycles. The van der Waals surface area contributed by atoms with E-state index in [4.69, 9.17) is 23.2 Å². The number of hydrogen-bond acceptors (Lipinski definition) is 3. The highest BCUT2D eigenvalue weighted by atomic mass is 35.5. The second-order valence-electron chi connectivity index (χ2n) is 3.30. The Morgan fingerprint density at radius 1 is 1.22 bits per heavy atom. The molecule has 0 saturated heterocycles. The molecule has 0 spiro atoms. The molecule has 0 atom stereocenters. The van der Waals surface area contributed by atoms with Crippen molar-refractivity contribution in [3.05, 3.63) is 52.1 Å². The van der Waals surface area contributed by atoms with E-state index in [0.29, 0.717) is 0 Å². The van der Waals surface area contributed by atoms with E-state index in [1.165, 1.54) is 24.4 Å². The van der Waals surface area contributed by atoms with Crippen LogP contribution in [0, 0.1) is 5.82 Å². The lowest BCUT2D eigenvalue weighted by molar-refractivity contribution is 0.102. The Labute approximate surface area is 112 Å². The van der Waals surface area contributed by atoms with Crippen LogP contribution >= 0.6 is 23.2 Å². The van der Waals surface area contributed by atoms with Crippen molar-refractivity contribution in [1.29, 1.82) is 0 Å². The Morgan fingerprint density at radius 2 is 2.00 bits per heavy atom. The van der Waals surface area contributed by atoms with Gasteiger partial charge in [-0.3, -0.25) is 4.79 Å². The van der Waals surface area contributed by atoms with Gasteiger partial charge in [-0.05, 0) is 18.2 Å². The maximum Gasteiger partial charge on any atom is 0.258 e. The second kappa shape index (κ2) is 5.29. The van der Waals surface area contributed by atoms with Gasteiger partial charge in [-0.25, -0.2) is 14.4 Å². The molecule has 7 heteroatoms. The number of carbonyl (C=O) groups is 1. The zero-order chi connectivity index (χ0) is 13.1. The van der Waals surface area contributed by atoms with Crippen molar-refractivity contribution in [1.82, 2.24) is 9.97 Å². The van der Waals surface area contributed by atoms with Crippen LogP contribution in [0.5, 0.6) is 0 Å². The van der Waals surface area contributed by atoms with Crippen molar-refractivity contribution >= 4 is 34.9 Å². The molecule has 18 heavy (non-hydrogen) atoms. The molecule has 4 nitrogen and oxygen atoms in total. The van der Waals surface area contributed by atoms with E-state index in [9.17, 15) is 9.18 Å². The lowest BCUT2D eigenvalue weighted by atomic mass is 10.2. The molecule has 0 unspecified atom stereocenters. The number of carbonyl (C=O) groups excluding carboxylic acids is 1. The van der Waals surface area contributed by atoms with Crippen LogP contribution in [0.2, 0.25) is 10.2 Å². The minimum absolute atomic E-state index is 0.150. The lowest BCUT2D eigenvalue weighted by Crippen LogP contribution is -2.13. The molecule has 0 saturated carbocycles. The Morgan fingerprint density at radius 3 is 2.67 bits per heavy atom. The first-order chi connectivity index (χ1) is 8.56. The van der Waals surface area contributed by atoms with Crippen LogP contribution in [-0.4, -0.2) is 15.9 Å². The van der Waals surface area contributed by atoms with Crippen molar-refractivity contribution in [2.24, 2.45) is 0 Å². The van der Waals surface area contributed by atoms with Gasteiger partial charge < -0.3 is 5.32 Å². The monoisotopic (exact) mass is 285 g/mol. The molecule has 0 fully saturated rings. The number of aromatic nitrogens is 2. The molecule has 0 radical (unpaired) electrons. The minimum atomic E-state index is -0.497. The Balaban J connectivity index is 2.21. The summed E-state index contributed by atoms with van der Waals surface area (Å²) in [5.74, 6) is -0.771. The molecular formula is C11H6Cl2FN3O. The van der Waals surface area contributed by atoms with E-state index in [1.807, 2.05) is 0 Å². The SMILES string of the molecule is O=C(Nc1ccc(F)cn1)c1cc(Cl)ncc1Cl. The zero-order valence-electron chi connectivity index (χ0n) is 8.82. The molecule has 2 aromatic rings. The number of hydrogen-bond donors (Lipinski definition) is 1. The average molecular weight is 286 g/mol. The van der Waals surface area contributed by atoms with E-state index in [2.05, 4.69) is 15.3 Å². The number of nitrogens with one attached hydrogen (secondary N) is 1. The largest absolute Gasteiger partial charge is 0.307 e. The number of nitrogens with zero attached hydrogens (tertiary/aromatic N) is 2. The fourth-order valence-electron chi connectivity index (χ4n) is 1.22. The number of halogens is 3. The van der Waals surface area contributed by atoms with Crippen molar-refractivity contribution in [2.45, 2.75) is 0 Å². The van der Waals surface area contributed by atoms with E-state index in [-0.39, 0.29) is 21.6 Å². The Bertz CT molecular complexity index is 589. The highest BCUT2D eigenvalue weighted by Crippen LogP contribution is 2.19. The summed E-state index contributed by atoms with van der Waals surface area (Å²) in [4.78, 5) is 19.3. The summed E-state index contributed by atoms with van der Waals surface area (Å²) in [6.45, 7) is 0. The molecule has 1 N–H and O–H groups in total. The van der Waals surface area contributed by atoms with Gasteiger partial charge in [0.2, 0.25) is 0 Å². The summed E-state index contributed by atoms with van der Waals surface area (Å²) in [6, 6.07) is 3.86. The van der Waals surface area contributed by atoms with Crippen LogP contribution in [0.1, 0.15) is 10.4 Å². The minimum Gasteiger partial charge on any atom is -0.307 e. The summed E-state index contributed by atoms with van der Waals surface area (Å²) >= 11 is 11.5. The van der Waals surface area contributed by atoms with E-state index in [0.717, 1.165) is 6.20 Å². The predicted molar refractivity (Wildman–Crippen MR) is 66.4 cm³/mol. The summed E-state index contributed by atoms with van der Waals surface area (Å²) < 4.78 is 12.6. The number of amides is 1. The Hall–Kier alpha value is -1.72. The first-order valence-corrected chi connectivity index (χ1v) is 5.56. The van der Waals surface area contributed by atoms with Gasteiger partial charge in [0.25, 0.3) is 5.91 Å². The molecule has 92 valence electrons. The van der Waals surface area contributed by atoms with Gasteiger partial charge in [0, 0.05) is 6.20 Å².